The molecule has 0 saturated heterocycles. The summed E-state index contributed by atoms with van der Waals surface area (Å²) in [6.07, 6.45) is 1.22. The van der Waals surface area contributed by atoms with Crippen molar-refractivity contribution in [2.75, 3.05) is 18.4 Å². The van der Waals surface area contributed by atoms with Crippen LogP contribution in [0.3, 0.4) is 0 Å². The number of benzene rings is 1. The highest BCUT2D eigenvalue weighted by molar-refractivity contribution is 7.11. The van der Waals surface area contributed by atoms with Gasteiger partial charge in [0.2, 0.25) is 0 Å². The molecular formula is C16H20N2S. The molecule has 0 spiro atoms. The van der Waals surface area contributed by atoms with E-state index in [1.54, 1.807) is 0 Å². The summed E-state index contributed by atoms with van der Waals surface area (Å²) in [5.41, 5.74) is 2.77. The van der Waals surface area contributed by atoms with E-state index in [9.17, 15) is 0 Å². The van der Waals surface area contributed by atoms with Crippen molar-refractivity contribution in [3.05, 3.63) is 51.7 Å². The molecule has 19 heavy (non-hydrogen) atoms. The Labute approximate surface area is 118 Å². The standard InChI is InChI=1S/C16H20N2S/c1-12-6-7-14(19-12)11-17-10-13-8-9-18-16-5-3-2-4-15(13)16/h2-7,13,17-18H,8-11H2,1H3. The van der Waals surface area contributed by atoms with Crippen molar-refractivity contribution >= 4 is 17.0 Å². The lowest BCUT2D eigenvalue weighted by atomic mass is 9.91. The highest BCUT2D eigenvalue weighted by Crippen LogP contribution is 2.30. The number of nitrogens with one attached hydrogen (secondary N) is 2. The van der Waals surface area contributed by atoms with E-state index in [4.69, 9.17) is 0 Å². The Hall–Kier alpha value is -1.32. The lowest BCUT2D eigenvalue weighted by Crippen LogP contribution is -2.26. The molecule has 0 radical (unpaired) electrons. The van der Waals surface area contributed by atoms with Gasteiger partial charge in [0.05, 0.1) is 0 Å². The van der Waals surface area contributed by atoms with Crippen LogP contribution in [-0.2, 0) is 6.54 Å². The lowest BCUT2D eigenvalue weighted by Gasteiger charge is -2.26. The van der Waals surface area contributed by atoms with Crippen molar-refractivity contribution in [3.8, 4) is 0 Å². The summed E-state index contributed by atoms with van der Waals surface area (Å²) in [7, 11) is 0. The predicted molar refractivity (Wildman–Crippen MR) is 83.1 cm³/mol. The molecule has 0 amide bonds. The summed E-state index contributed by atoms with van der Waals surface area (Å²) in [5, 5.41) is 7.09. The number of fused-ring (bicyclic) bond motifs is 1. The maximum absolute atomic E-state index is 3.61. The van der Waals surface area contributed by atoms with E-state index >= 15 is 0 Å². The Morgan fingerprint density at radius 2 is 2.16 bits per heavy atom. The van der Waals surface area contributed by atoms with Crippen LogP contribution in [0.25, 0.3) is 0 Å². The maximum Gasteiger partial charge on any atom is 0.0376 e. The number of hydrogen-bond donors (Lipinski definition) is 2. The zero-order chi connectivity index (χ0) is 13.1. The minimum Gasteiger partial charge on any atom is -0.385 e. The smallest absolute Gasteiger partial charge is 0.0376 e. The molecular weight excluding hydrogens is 252 g/mol. The van der Waals surface area contributed by atoms with E-state index in [0.29, 0.717) is 5.92 Å². The Balaban J connectivity index is 1.59. The number of anilines is 1. The molecule has 1 aliphatic rings. The van der Waals surface area contributed by atoms with E-state index in [2.05, 4.69) is 54.0 Å². The molecule has 2 N–H and O–H groups in total. The van der Waals surface area contributed by atoms with E-state index < -0.39 is 0 Å². The molecule has 0 bridgehead atoms. The maximum atomic E-state index is 3.61. The molecule has 2 nitrogen and oxygen atoms in total. The fourth-order valence-electron chi connectivity index (χ4n) is 2.71. The van der Waals surface area contributed by atoms with E-state index in [0.717, 1.165) is 19.6 Å². The van der Waals surface area contributed by atoms with Crippen molar-refractivity contribution in [2.45, 2.75) is 25.8 Å². The normalized spacial score (nSPS) is 17.8. The number of thiophene rings is 1. The first-order valence-corrected chi connectivity index (χ1v) is 7.73. The molecule has 2 aromatic rings. The van der Waals surface area contributed by atoms with E-state index in [1.807, 2.05) is 11.3 Å². The molecule has 0 fully saturated rings. The summed E-state index contributed by atoms with van der Waals surface area (Å²) >= 11 is 1.89. The molecule has 2 heterocycles. The summed E-state index contributed by atoms with van der Waals surface area (Å²) in [6.45, 7) is 5.30. The third kappa shape index (κ3) is 2.99. The van der Waals surface area contributed by atoms with E-state index in [1.165, 1.54) is 27.4 Å². The highest BCUT2D eigenvalue weighted by atomic mass is 32.1. The largest absolute Gasteiger partial charge is 0.385 e. The number of hydrogen-bond acceptors (Lipinski definition) is 3. The van der Waals surface area contributed by atoms with Crippen molar-refractivity contribution in [2.24, 2.45) is 0 Å². The van der Waals surface area contributed by atoms with Crippen LogP contribution in [0.15, 0.2) is 36.4 Å². The van der Waals surface area contributed by atoms with Gasteiger partial charge in [-0.25, -0.2) is 0 Å². The first-order chi connectivity index (χ1) is 9.33. The topological polar surface area (TPSA) is 24.1 Å². The van der Waals surface area contributed by atoms with Crippen LogP contribution < -0.4 is 10.6 Å². The van der Waals surface area contributed by atoms with Gasteiger partial charge in [-0.3, -0.25) is 0 Å². The Morgan fingerprint density at radius 3 is 3.00 bits per heavy atom. The summed E-state index contributed by atoms with van der Waals surface area (Å²) in [4.78, 5) is 2.82. The van der Waals surface area contributed by atoms with Gasteiger partial charge < -0.3 is 10.6 Å². The number of para-hydroxylation sites is 1. The molecule has 1 aromatic carbocycles. The SMILES string of the molecule is Cc1ccc(CNCC2CCNc3ccccc32)s1. The Morgan fingerprint density at radius 1 is 1.26 bits per heavy atom. The zero-order valence-electron chi connectivity index (χ0n) is 11.3. The first kappa shape index (κ1) is 12.7. The molecule has 1 aliphatic heterocycles. The van der Waals surface area contributed by atoms with Crippen LogP contribution in [0, 0.1) is 6.92 Å². The van der Waals surface area contributed by atoms with Crippen LogP contribution in [0.1, 0.15) is 27.7 Å². The lowest BCUT2D eigenvalue weighted by molar-refractivity contribution is 0.553. The second-order valence-corrected chi connectivity index (χ2v) is 6.52. The molecule has 100 valence electrons. The predicted octanol–water partition coefficient (Wildman–Crippen LogP) is 3.75. The van der Waals surface area contributed by atoms with Gasteiger partial charge in [0, 0.05) is 41.0 Å². The van der Waals surface area contributed by atoms with Crippen molar-refractivity contribution in [1.29, 1.82) is 0 Å². The van der Waals surface area contributed by atoms with E-state index in [-0.39, 0.29) is 0 Å². The van der Waals surface area contributed by atoms with Gasteiger partial charge in [0.1, 0.15) is 0 Å². The van der Waals surface area contributed by atoms with Crippen LogP contribution in [0.4, 0.5) is 5.69 Å². The molecule has 0 saturated carbocycles. The fraction of sp³-hybridized carbons (Fsp3) is 0.375. The fourth-order valence-corrected chi connectivity index (χ4v) is 3.57. The molecule has 1 atom stereocenters. The van der Waals surface area contributed by atoms with Gasteiger partial charge in [-0.05, 0) is 37.1 Å². The molecule has 1 aromatic heterocycles. The second-order valence-electron chi connectivity index (χ2n) is 5.14. The van der Waals surface area contributed by atoms with Crippen LogP contribution in [0.2, 0.25) is 0 Å². The van der Waals surface area contributed by atoms with Crippen molar-refractivity contribution < 1.29 is 0 Å². The molecule has 3 heteroatoms. The number of rotatable bonds is 4. The van der Waals surface area contributed by atoms with Gasteiger partial charge in [-0.15, -0.1) is 11.3 Å². The quantitative estimate of drug-likeness (QED) is 0.886. The van der Waals surface area contributed by atoms with Crippen LogP contribution >= 0.6 is 11.3 Å². The average Bonchev–Trinajstić information content (AvgIpc) is 2.85. The summed E-state index contributed by atoms with van der Waals surface area (Å²) < 4.78 is 0. The molecule has 0 aliphatic carbocycles. The summed E-state index contributed by atoms with van der Waals surface area (Å²) in [6, 6.07) is 13.1. The van der Waals surface area contributed by atoms with Crippen molar-refractivity contribution in [3.63, 3.8) is 0 Å². The molecule has 1 unspecified atom stereocenters. The van der Waals surface area contributed by atoms with Crippen LogP contribution in [-0.4, -0.2) is 13.1 Å². The zero-order valence-corrected chi connectivity index (χ0v) is 12.1. The molecule has 3 rings (SSSR count). The second kappa shape index (κ2) is 5.76. The van der Waals surface area contributed by atoms with Gasteiger partial charge in [0.25, 0.3) is 0 Å². The van der Waals surface area contributed by atoms with Gasteiger partial charge >= 0.3 is 0 Å². The van der Waals surface area contributed by atoms with Crippen LogP contribution in [0.5, 0.6) is 0 Å². The van der Waals surface area contributed by atoms with Gasteiger partial charge in [0.15, 0.2) is 0 Å². The highest BCUT2D eigenvalue weighted by Gasteiger charge is 2.18. The average molecular weight is 272 g/mol. The monoisotopic (exact) mass is 272 g/mol. The first-order valence-electron chi connectivity index (χ1n) is 6.92. The third-order valence-electron chi connectivity index (χ3n) is 3.69. The Kier molecular flexibility index (Phi) is 3.85. The Bertz CT molecular complexity index is 547. The minimum atomic E-state index is 0.638. The van der Waals surface area contributed by atoms with Crippen molar-refractivity contribution in [1.82, 2.24) is 5.32 Å². The number of aryl methyl sites for hydroxylation is 1. The minimum absolute atomic E-state index is 0.638. The summed E-state index contributed by atoms with van der Waals surface area (Å²) in [5.74, 6) is 0.638. The third-order valence-corrected chi connectivity index (χ3v) is 4.70. The van der Waals surface area contributed by atoms with Gasteiger partial charge in [-0.1, -0.05) is 18.2 Å². The van der Waals surface area contributed by atoms with Gasteiger partial charge in [-0.2, -0.15) is 0 Å².